The maximum absolute atomic E-state index is 13.1. The minimum Gasteiger partial charge on any atom is -0.393 e. The van der Waals surface area contributed by atoms with E-state index in [4.69, 9.17) is 0 Å². The molecule has 1 aliphatic rings. The highest BCUT2D eigenvalue weighted by Crippen LogP contribution is 2.21. The zero-order valence-corrected chi connectivity index (χ0v) is 12.4. The minimum atomic E-state index is -0.363. The van der Waals surface area contributed by atoms with Crippen molar-refractivity contribution < 1.29 is 14.3 Å². The number of piperidine rings is 1. The van der Waals surface area contributed by atoms with Gasteiger partial charge in [0, 0.05) is 11.7 Å². The Morgan fingerprint density at radius 2 is 2.33 bits per heavy atom. The van der Waals surface area contributed by atoms with Crippen LogP contribution >= 0.6 is 0 Å². The predicted octanol–water partition coefficient (Wildman–Crippen LogP) is 2.39. The summed E-state index contributed by atoms with van der Waals surface area (Å²) < 4.78 is 13.1. The van der Waals surface area contributed by atoms with E-state index >= 15 is 0 Å². The third kappa shape index (κ3) is 5.10. The second kappa shape index (κ2) is 7.52. The summed E-state index contributed by atoms with van der Waals surface area (Å²) in [5.74, 6) is -0.504. The Morgan fingerprint density at radius 3 is 3.05 bits per heavy atom. The van der Waals surface area contributed by atoms with Crippen molar-refractivity contribution >= 4 is 11.6 Å². The molecule has 0 aliphatic carbocycles. The van der Waals surface area contributed by atoms with Gasteiger partial charge in [0.2, 0.25) is 5.91 Å². The first-order valence-corrected chi connectivity index (χ1v) is 7.52. The third-order valence-corrected chi connectivity index (χ3v) is 3.82. The van der Waals surface area contributed by atoms with Crippen molar-refractivity contribution in [1.29, 1.82) is 0 Å². The topological polar surface area (TPSA) is 52.6 Å². The van der Waals surface area contributed by atoms with Gasteiger partial charge in [-0.15, -0.1) is 0 Å². The van der Waals surface area contributed by atoms with Crippen molar-refractivity contribution in [2.75, 3.05) is 18.4 Å². The van der Waals surface area contributed by atoms with Gasteiger partial charge >= 0.3 is 0 Å². The van der Waals surface area contributed by atoms with Gasteiger partial charge in [-0.1, -0.05) is 12.5 Å². The Kier molecular flexibility index (Phi) is 5.70. The highest BCUT2D eigenvalue weighted by atomic mass is 19.1. The second-order valence-electron chi connectivity index (χ2n) is 5.76. The summed E-state index contributed by atoms with van der Waals surface area (Å²) >= 11 is 0. The quantitative estimate of drug-likeness (QED) is 0.876. The summed E-state index contributed by atoms with van der Waals surface area (Å²) in [7, 11) is 0. The highest BCUT2D eigenvalue weighted by molar-refractivity contribution is 5.92. The van der Waals surface area contributed by atoms with E-state index in [-0.39, 0.29) is 30.4 Å². The number of amides is 1. The molecule has 1 heterocycles. The van der Waals surface area contributed by atoms with E-state index in [0.717, 1.165) is 25.8 Å². The number of aliphatic hydroxyl groups excluding tert-OH is 1. The van der Waals surface area contributed by atoms with Crippen LogP contribution < -0.4 is 5.32 Å². The lowest BCUT2D eigenvalue weighted by molar-refractivity contribution is -0.118. The fraction of sp³-hybridized carbons (Fsp3) is 0.562. The van der Waals surface area contributed by atoms with Crippen LogP contribution in [0.1, 0.15) is 32.6 Å². The van der Waals surface area contributed by atoms with Crippen molar-refractivity contribution in [3.05, 3.63) is 30.1 Å². The molecule has 0 aromatic heterocycles. The number of likely N-dealkylation sites (tertiary alicyclic amines) is 1. The SMILES string of the molecule is CC(O)CC1CCCCN1CC(=O)Nc1cccc(F)c1. The number of anilines is 1. The van der Waals surface area contributed by atoms with E-state index in [1.54, 1.807) is 19.1 Å². The number of halogens is 1. The molecule has 2 rings (SSSR count). The molecule has 1 aliphatic heterocycles. The Morgan fingerprint density at radius 1 is 1.52 bits per heavy atom. The average molecular weight is 294 g/mol. The van der Waals surface area contributed by atoms with Crippen LogP contribution in [0.15, 0.2) is 24.3 Å². The van der Waals surface area contributed by atoms with E-state index in [9.17, 15) is 14.3 Å². The second-order valence-corrected chi connectivity index (χ2v) is 5.76. The van der Waals surface area contributed by atoms with Crippen LogP contribution in [-0.2, 0) is 4.79 Å². The van der Waals surface area contributed by atoms with Crippen molar-refractivity contribution in [3.8, 4) is 0 Å². The summed E-state index contributed by atoms with van der Waals surface area (Å²) in [5, 5.41) is 12.3. The Labute approximate surface area is 125 Å². The number of nitrogens with zero attached hydrogens (tertiary/aromatic N) is 1. The standard InChI is InChI=1S/C16H23FN2O2/c1-12(20)9-15-7-2-3-8-19(15)11-16(21)18-14-6-4-5-13(17)10-14/h4-6,10,12,15,20H,2-3,7-9,11H2,1H3,(H,18,21). The fourth-order valence-electron chi connectivity index (χ4n) is 2.88. The van der Waals surface area contributed by atoms with Crippen LogP contribution in [0.2, 0.25) is 0 Å². The molecule has 1 aromatic rings. The average Bonchev–Trinajstić information content (AvgIpc) is 2.40. The number of nitrogens with one attached hydrogen (secondary N) is 1. The molecule has 1 fully saturated rings. The van der Waals surface area contributed by atoms with E-state index < -0.39 is 0 Å². The molecule has 0 radical (unpaired) electrons. The van der Waals surface area contributed by atoms with Gasteiger partial charge in [-0.05, 0) is 50.9 Å². The number of aliphatic hydroxyl groups is 1. The number of hydrogen-bond donors (Lipinski definition) is 2. The van der Waals surface area contributed by atoms with Crippen molar-refractivity contribution in [1.82, 2.24) is 4.90 Å². The Hall–Kier alpha value is -1.46. The van der Waals surface area contributed by atoms with Crippen LogP contribution in [0.3, 0.4) is 0 Å². The van der Waals surface area contributed by atoms with E-state index in [2.05, 4.69) is 10.2 Å². The first kappa shape index (κ1) is 15.9. The molecule has 1 aromatic carbocycles. The zero-order chi connectivity index (χ0) is 15.2. The normalized spacial score (nSPS) is 21.0. The molecule has 2 N–H and O–H groups in total. The predicted molar refractivity (Wildman–Crippen MR) is 80.5 cm³/mol. The van der Waals surface area contributed by atoms with Gasteiger partial charge in [-0.3, -0.25) is 9.69 Å². The molecule has 2 unspecified atom stereocenters. The summed E-state index contributed by atoms with van der Waals surface area (Å²) in [6.45, 7) is 2.93. The van der Waals surface area contributed by atoms with Crippen LogP contribution in [0.5, 0.6) is 0 Å². The minimum absolute atomic E-state index is 0.141. The van der Waals surface area contributed by atoms with Crippen LogP contribution in [0, 0.1) is 5.82 Å². The van der Waals surface area contributed by atoms with Gasteiger partial charge in [0.25, 0.3) is 0 Å². The molecule has 21 heavy (non-hydrogen) atoms. The lowest BCUT2D eigenvalue weighted by atomic mass is 9.97. The monoisotopic (exact) mass is 294 g/mol. The van der Waals surface area contributed by atoms with E-state index in [1.807, 2.05) is 0 Å². The van der Waals surface area contributed by atoms with Crippen molar-refractivity contribution in [2.45, 2.75) is 44.8 Å². The zero-order valence-electron chi connectivity index (χ0n) is 12.4. The molecule has 1 amide bonds. The van der Waals surface area contributed by atoms with E-state index in [1.165, 1.54) is 12.1 Å². The smallest absolute Gasteiger partial charge is 0.238 e. The fourth-order valence-corrected chi connectivity index (χ4v) is 2.88. The van der Waals surface area contributed by atoms with Gasteiger partial charge in [-0.25, -0.2) is 4.39 Å². The van der Waals surface area contributed by atoms with Crippen LogP contribution in [-0.4, -0.2) is 41.1 Å². The maximum atomic E-state index is 13.1. The number of carbonyl (C=O) groups excluding carboxylic acids is 1. The number of carbonyl (C=O) groups is 1. The van der Waals surface area contributed by atoms with Gasteiger partial charge in [0.15, 0.2) is 0 Å². The van der Waals surface area contributed by atoms with E-state index in [0.29, 0.717) is 12.1 Å². The summed E-state index contributed by atoms with van der Waals surface area (Å²) in [6, 6.07) is 6.14. The number of benzene rings is 1. The largest absolute Gasteiger partial charge is 0.393 e. The molecule has 1 saturated heterocycles. The molecular formula is C16H23FN2O2. The third-order valence-electron chi connectivity index (χ3n) is 3.82. The van der Waals surface area contributed by atoms with Crippen molar-refractivity contribution in [3.63, 3.8) is 0 Å². The first-order valence-electron chi connectivity index (χ1n) is 7.52. The van der Waals surface area contributed by atoms with Gasteiger partial charge in [0.1, 0.15) is 5.82 Å². The molecule has 2 atom stereocenters. The lowest BCUT2D eigenvalue weighted by Crippen LogP contribution is -2.45. The van der Waals surface area contributed by atoms with Crippen LogP contribution in [0.25, 0.3) is 0 Å². The molecular weight excluding hydrogens is 271 g/mol. The molecule has 0 spiro atoms. The highest BCUT2D eigenvalue weighted by Gasteiger charge is 2.25. The summed E-state index contributed by atoms with van der Waals surface area (Å²) in [6.07, 6.45) is 3.55. The number of hydrogen-bond acceptors (Lipinski definition) is 3. The molecule has 0 saturated carbocycles. The first-order chi connectivity index (χ1) is 10.0. The molecule has 5 heteroatoms. The summed E-state index contributed by atoms with van der Waals surface area (Å²) in [4.78, 5) is 14.2. The van der Waals surface area contributed by atoms with Crippen LogP contribution in [0.4, 0.5) is 10.1 Å². The number of rotatable bonds is 5. The van der Waals surface area contributed by atoms with Gasteiger partial charge < -0.3 is 10.4 Å². The van der Waals surface area contributed by atoms with Gasteiger partial charge in [-0.2, -0.15) is 0 Å². The maximum Gasteiger partial charge on any atom is 0.238 e. The summed E-state index contributed by atoms with van der Waals surface area (Å²) in [5.41, 5.74) is 0.476. The Bertz CT molecular complexity index is 479. The van der Waals surface area contributed by atoms with Crippen molar-refractivity contribution in [2.24, 2.45) is 0 Å². The van der Waals surface area contributed by atoms with Gasteiger partial charge in [0.05, 0.1) is 12.6 Å². The lowest BCUT2D eigenvalue weighted by Gasteiger charge is -2.35. The molecule has 4 nitrogen and oxygen atoms in total. The molecule has 116 valence electrons. The Balaban J connectivity index is 1.90. The molecule has 0 bridgehead atoms.